The number of aromatic nitrogens is 7. The zero-order valence-electron chi connectivity index (χ0n) is 12.7. The van der Waals surface area contributed by atoms with Crippen LogP contribution in [0.4, 0.5) is 0 Å². The average Bonchev–Trinajstić information content (AvgIpc) is 3.26. The van der Waals surface area contributed by atoms with Crippen molar-refractivity contribution in [1.82, 2.24) is 35.6 Å². The Hall–Kier alpha value is -3.06. The van der Waals surface area contributed by atoms with Gasteiger partial charge < -0.3 is 0 Å². The molecule has 0 fully saturated rings. The summed E-state index contributed by atoms with van der Waals surface area (Å²) < 4.78 is 1.73. The number of tetrazole rings is 1. The Morgan fingerprint density at radius 3 is 2.83 bits per heavy atom. The number of H-pyrrole nitrogens is 1. The number of aromatic amines is 1. The molecule has 0 spiro atoms. The third-order valence-electron chi connectivity index (χ3n) is 3.64. The molecule has 0 atom stereocenters. The van der Waals surface area contributed by atoms with Crippen molar-refractivity contribution in [2.45, 2.75) is 6.92 Å². The van der Waals surface area contributed by atoms with E-state index in [0.29, 0.717) is 10.8 Å². The van der Waals surface area contributed by atoms with Gasteiger partial charge in [-0.25, -0.2) is 4.68 Å². The van der Waals surface area contributed by atoms with Gasteiger partial charge in [-0.3, -0.25) is 0 Å². The second kappa shape index (κ2) is 5.86. The number of nitrogens with zero attached hydrogens (tertiary/aromatic N) is 6. The summed E-state index contributed by atoms with van der Waals surface area (Å²) in [6, 6.07) is 13.6. The fourth-order valence-corrected chi connectivity index (χ4v) is 2.73. The molecular formula is C16H12ClN7. The molecule has 7 nitrogen and oxygen atoms in total. The van der Waals surface area contributed by atoms with Crippen LogP contribution >= 0.6 is 11.6 Å². The maximum absolute atomic E-state index is 6.19. The van der Waals surface area contributed by atoms with E-state index < -0.39 is 0 Å². The highest BCUT2D eigenvalue weighted by Crippen LogP contribution is 2.30. The van der Waals surface area contributed by atoms with E-state index in [9.17, 15) is 0 Å². The van der Waals surface area contributed by atoms with E-state index >= 15 is 0 Å². The Morgan fingerprint density at radius 2 is 2.04 bits per heavy atom. The second-order valence-electron chi connectivity index (χ2n) is 5.30. The normalized spacial score (nSPS) is 10.9. The third kappa shape index (κ3) is 2.55. The minimum Gasteiger partial charge on any atom is -0.212 e. The first kappa shape index (κ1) is 14.5. The molecule has 0 aliphatic heterocycles. The topological polar surface area (TPSA) is 85.2 Å². The van der Waals surface area contributed by atoms with Crippen molar-refractivity contribution >= 4 is 11.6 Å². The highest BCUT2D eigenvalue weighted by Gasteiger charge is 2.16. The van der Waals surface area contributed by atoms with Crippen LogP contribution in [-0.4, -0.2) is 35.6 Å². The predicted molar refractivity (Wildman–Crippen MR) is 89.7 cm³/mol. The first-order valence-corrected chi connectivity index (χ1v) is 7.61. The summed E-state index contributed by atoms with van der Waals surface area (Å²) in [6.07, 6.45) is 1.72. The smallest absolute Gasteiger partial charge is 0.206 e. The van der Waals surface area contributed by atoms with Crippen molar-refractivity contribution in [3.8, 4) is 28.3 Å². The molecule has 0 saturated carbocycles. The molecule has 0 radical (unpaired) electrons. The van der Waals surface area contributed by atoms with Crippen LogP contribution in [0, 0.1) is 6.92 Å². The highest BCUT2D eigenvalue weighted by atomic mass is 35.5. The van der Waals surface area contributed by atoms with E-state index in [1.165, 1.54) is 0 Å². The lowest BCUT2D eigenvalue weighted by molar-refractivity contribution is 0.808. The van der Waals surface area contributed by atoms with Gasteiger partial charge in [-0.2, -0.15) is 5.21 Å². The number of benzene rings is 2. The molecule has 24 heavy (non-hydrogen) atoms. The van der Waals surface area contributed by atoms with Crippen molar-refractivity contribution in [1.29, 1.82) is 0 Å². The standard InChI is InChI=1S/C16H12ClN7/c1-10-3-2-4-11(7-10)15-9-18-23-24(15)14-8-12(17)5-6-13(14)16-19-21-22-20-16/h2-9H,1H3,(H,19,20,21,22). The van der Waals surface area contributed by atoms with Crippen LogP contribution in [0.1, 0.15) is 5.56 Å². The van der Waals surface area contributed by atoms with Crippen LogP contribution in [0.25, 0.3) is 28.3 Å². The number of aryl methyl sites for hydroxylation is 1. The number of hydrogen-bond acceptors (Lipinski definition) is 5. The van der Waals surface area contributed by atoms with Crippen LogP contribution in [0.5, 0.6) is 0 Å². The minimum atomic E-state index is 0.465. The molecule has 2 heterocycles. The van der Waals surface area contributed by atoms with Crippen molar-refractivity contribution in [2.24, 2.45) is 0 Å². The summed E-state index contributed by atoms with van der Waals surface area (Å²) in [6.45, 7) is 2.04. The van der Waals surface area contributed by atoms with Gasteiger partial charge in [0.15, 0.2) is 0 Å². The number of hydrogen-bond donors (Lipinski definition) is 1. The zero-order chi connectivity index (χ0) is 16.5. The van der Waals surface area contributed by atoms with Crippen LogP contribution in [-0.2, 0) is 0 Å². The van der Waals surface area contributed by atoms with Gasteiger partial charge in [-0.05, 0) is 36.4 Å². The lowest BCUT2D eigenvalue weighted by Crippen LogP contribution is -2.02. The van der Waals surface area contributed by atoms with Gasteiger partial charge >= 0.3 is 0 Å². The Morgan fingerprint density at radius 1 is 1.12 bits per heavy atom. The quantitative estimate of drug-likeness (QED) is 0.621. The fourth-order valence-electron chi connectivity index (χ4n) is 2.56. The zero-order valence-corrected chi connectivity index (χ0v) is 13.4. The predicted octanol–water partition coefficient (Wildman–Crippen LogP) is 3.08. The van der Waals surface area contributed by atoms with Crippen molar-refractivity contribution in [3.05, 3.63) is 59.2 Å². The molecule has 0 bridgehead atoms. The van der Waals surface area contributed by atoms with Gasteiger partial charge in [0, 0.05) is 16.1 Å². The van der Waals surface area contributed by atoms with Crippen molar-refractivity contribution in [2.75, 3.05) is 0 Å². The molecule has 8 heteroatoms. The van der Waals surface area contributed by atoms with E-state index in [0.717, 1.165) is 28.1 Å². The monoisotopic (exact) mass is 337 g/mol. The lowest BCUT2D eigenvalue weighted by Gasteiger charge is -2.10. The summed E-state index contributed by atoms with van der Waals surface area (Å²) in [7, 11) is 0. The fraction of sp³-hybridized carbons (Fsp3) is 0.0625. The minimum absolute atomic E-state index is 0.465. The molecule has 1 N–H and O–H groups in total. The molecule has 2 aromatic heterocycles. The third-order valence-corrected chi connectivity index (χ3v) is 3.87. The molecular weight excluding hydrogens is 326 g/mol. The largest absolute Gasteiger partial charge is 0.212 e. The summed E-state index contributed by atoms with van der Waals surface area (Å²) in [5.74, 6) is 0.465. The van der Waals surface area contributed by atoms with Gasteiger partial charge in [0.2, 0.25) is 5.82 Å². The Labute approximate surface area is 142 Å². The molecule has 0 aliphatic rings. The summed E-state index contributed by atoms with van der Waals surface area (Å²) >= 11 is 6.19. The maximum atomic E-state index is 6.19. The van der Waals surface area contributed by atoms with Crippen LogP contribution in [0.15, 0.2) is 48.7 Å². The summed E-state index contributed by atoms with van der Waals surface area (Å²) in [5.41, 5.74) is 4.51. The van der Waals surface area contributed by atoms with Crippen LogP contribution in [0.2, 0.25) is 5.02 Å². The molecule has 118 valence electrons. The summed E-state index contributed by atoms with van der Waals surface area (Å²) in [5, 5.41) is 23.1. The number of halogens is 1. The Bertz CT molecular complexity index is 991. The van der Waals surface area contributed by atoms with Crippen molar-refractivity contribution in [3.63, 3.8) is 0 Å². The first-order chi connectivity index (χ1) is 11.7. The van der Waals surface area contributed by atoms with Gasteiger partial charge in [-0.15, -0.1) is 15.3 Å². The van der Waals surface area contributed by atoms with Gasteiger partial charge in [0.1, 0.15) is 0 Å². The van der Waals surface area contributed by atoms with E-state index in [-0.39, 0.29) is 0 Å². The van der Waals surface area contributed by atoms with Gasteiger partial charge in [-0.1, -0.05) is 40.6 Å². The Balaban J connectivity index is 1.93. The maximum Gasteiger partial charge on any atom is 0.206 e. The van der Waals surface area contributed by atoms with Crippen molar-refractivity contribution < 1.29 is 0 Å². The second-order valence-corrected chi connectivity index (χ2v) is 5.73. The van der Waals surface area contributed by atoms with E-state index in [4.69, 9.17) is 11.6 Å². The molecule has 2 aromatic carbocycles. The van der Waals surface area contributed by atoms with Crippen LogP contribution in [0.3, 0.4) is 0 Å². The van der Waals surface area contributed by atoms with Crippen LogP contribution < -0.4 is 0 Å². The van der Waals surface area contributed by atoms with E-state index in [1.807, 2.05) is 31.2 Å². The average molecular weight is 338 g/mol. The molecule has 0 amide bonds. The lowest BCUT2D eigenvalue weighted by atomic mass is 10.1. The van der Waals surface area contributed by atoms with Gasteiger partial charge in [0.05, 0.1) is 17.6 Å². The molecule has 0 unspecified atom stereocenters. The van der Waals surface area contributed by atoms with Gasteiger partial charge in [0.25, 0.3) is 0 Å². The molecule has 4 aromatic rings. The van der Waals surface area contributed by atoms with E-state index in [1.54, 1.807) is 23.0 Å². The Kier molecular flexibility index (Phi) is 3.55. The van der Waals surface area contributed by atoms with E-state index in [2.05, 4.69) is 37.0 Å². The number of rotatable bonds is 3. The highest BCUT2D eigenvalue weighted by molar-refractivity contribution is 6.30. The molecule has 4 rings (SSSR count). The first-order valence-electron chi connectivity index (χ1n) is 7.24. The molecule has 0 aliphatic carbocycles. The SMILES string of the molecule is Cc1cccc(-c2cnnn2-c2cc(Cl)ccc2-c2nn[nH]n2)c1. The number of nitrogens with one attached hydrogen (secondary N) is 1. The summed E-state index contributed by atoms with van der Waals surface area (Å²) in [4.78, 5) is 0. The molecule has 0 saturated heterocycles.